The molecule has 0 aromatic rings. The molecule has 2 unspecified atom stereocenters. The van der Waals surface area contributed by atoms with Crippen molar-refractivity contribution in [3.8, 4) is 0 Å². The molecule has 0 heterocycles. The predicted molar refractivity (Wildman–Crippen MR) is 54.9 cm³/mol. The van der Waals surface area contributed by atoms with E-state index in [0.717, 1.165) is 5.92 Å². The first kappa shape index (κ1) is 11.9. The number of hydrogen-bond donors (Lipinski definition) is 1. The zero-order valence-corrected chi connectivity index (χ0v) is 9.17. The van der Waals surface area contributed by atoms with E-state index in [1.807, 2.05) is 6.92 Å². The molecule has 0 fully saturated rings. The fourth-order valence-corrected chi connectivity index (χ4v) is 1.50. The summed E-state index contributed by atoms with van der Waals surface area (Å²) >= 11 is 0. The molecule has 0 bridgehead atoms. The minimum atomic E-state index is 0.175. The minimum Gasteiger partial charge on any atom is -0.316 e. The Kier molecular flexibility index (Phi) is 5.51. The highest BCUT2D eigenvalue weighted by Crippen LogP contribution is 2.13. The van der Waals surface area contributed by atoms with Gasteiger partial charge in [0, 0.05) is 6.04 Å². The third-order valence-electron chi connectivity index (χ3n) is 2.43. The van der Waals surface area contributed by atoms with Crippen LogP contribution in [0.4, 0.5) is 0 Å². The average molecular weight is 172 g/mol. The monoisotopic (exact) mass is 172 g/mol. The van der Waals surface area contributed by atoms with Gasteiger partial charge in [-0.1, -0.05) is 20.8 Å². The zero-order chi connectivity index (χ0) is 9.72. The Morgan fingerprint density at radius 2 is 1.75 bits per heavy atom. The summed E-state index contributed by atoms with van der Waals surface area (Å²) in [5, 5.41) is 0. The molecular weight excluding hydrogens is 148 g/mol. The second-order valence-electron chi connectivity index (χ2n) is 4.10. The third kappa shape index (κ3) is 4.07. The summed E-state index contributed by atoms with van der Waals surface area (Å²) in [7, 11) is 2.11. The Morgan fingerprint density at radius 3 is 2.00 bits per heavy atom. The molecule has 2 N–H and O–H groups in total. The average Bonchev–Trinajstić information content (AvgIpc) is 1.98. The van der Waals surface area contributed by atoms with Crippen molar-refractivity contribution in [1.82, 2.24) is 4.90 Å². The molecule has 74 valence electrons. The summed E-state index contributed by atoms with van der Waals surface area (Å²) in [5.41, 5.74) is 5.81. The molecule has 0 aromatic carbocycles. The van der Waals surface area contributed by atoms with Gasteiger partial charge in [0.25, 0.3) is 0 Å². The lowest BCUT2D eigenvalue weighted by atomic mass is 10.0. The lowest BCUT2D eigenvalue weighted by Crippen LogP contribution is -2.43. The maximum atomic E-state index is 5.81. The molecule has 0 rings (SSSR count). The SMILES string of the molecule is CCC(CC(C)C)N(C)C(C)N. The fraction of sp³-hybridized carbons (Fsp3) is 1.00. The summed E-state index contributed by atoms with van der Waals surface area (Å²) in [5.74, 6) is 0.760. The largest absolute Gasteiger partial charge is 0.316 e. The number of nitrogens with zero attached hydrogens (tertiary/aromatic N) is 1. The van der Waals surface area contributed by atoms with Crippen molar-refractivity contribution in [1.29, 1.82) is 0 Å². The van der Waals surface area contributed by atoms with Gasteiger partial charge in [-0.2, -0.15) is 0 Å². The van der Waals surface area contributed by atoms with E-state index in [0.29, 0.717) is 6.04 Å². The molecule has 0 saturated heterocycles. The zero-order valence-electron chi connectivity index (χ0n) is 9.17. The Balaban J connectivity index is 3.96. The van der Waals surface area contributed by atoms with E-state index in [2.05, 4.69) is 32.7 Å². The minimum absolute atomic E-state index is 0.175. The van der Waals surface area contributed by atoms with Gasteiger partial charge >= 0.3 is 0 Å². The number of nitrogens with two attached hydrogens (primary N) is 1. The van der Waals surface area contributed by atoms with E-state index in [1.165, 1.54) is 12.8 Å². The molecule has 2 nitrogen and oxygen atoms in total. The Morgan fingerprint density at radius 1 is 1.25 bits per heavy atom. The Hall–Kier alpha value is -0.0800. The topological polar surface area (TPSA) is 29.3 Å². The number of hydrogen-bond acceptors (Lipinski definition) is 2. The standard InChI is InChI=1S/C10H24N2/c1-6-10(7-8(2)3)12(5)9(4)11/h8-10H,6-7,11H2,1-5H3. The third-order valence-corrected chi connectivity index (χ3v) is 2.43. The predicted octanol–water partition coefficient (Wildman–Crippen LogP) is 2.05. The van der Waals surface area contributed by atoms with Crippen molar-refractivity contribution in [2.45, 2.75) is 52.7 Å². The van der Waals surface area contributed by atoms with E-state index in [4.69, 9.17) is 5.73 Å². The first-order valence-electron chi connectivity index (χ1n) is 4.96. The Bertz CT molecular complexity index is 110. The van der Waals surface area contributed by atoms with Crippen LogP contribution in [0.1, 0.15) is 40.5 Å². The fourth-order valence-electron chi connectivity index (χ4n) is 1.50. The summed E-state index contributed by atoms with van der Waals surface area (Å²) in [6.45, 7) is 8.80. The van der Waals surface area contributed by atoms with Gasteiger partial charge in [-0.15, -0.1) is 0 Å². The highest BCUT2D eigenvalue weighted by atomic mass is 15.2. The Labute approximate surface area is 77.1 Å². The molecule has 0 aliphatic carbocycles. The van der Waals surface area contributed by atoms with Crippen LogP contribution in [0.25, 0.3) is 0 Å². The van der Waals surface area contributed by atoms with Crippen LogP contribution in [-0.4, -0.2) is 24.2 Å². The molecule has 2 atom stereocenters. The normalized spacial score (nSPS) is 17.0. The highest BCUT2D eigenvalue weighted by molar-refractivity contribution is 4.70. The van der Waals surface area contributed by atoms with Crippen LogP contribution in [-0.2, 0) is 0 Å². The van der Waals surface area contributed by atoms with Gasteiger partial charge in [-0.25, -0.2) is 0 Å². The molecule has 2 heteroatoms. The van der Waals surface area contributed by atoms with Crippen LogP contribution in [0.2, 0.25) is 0 Å². The maximum absolute atomic E-state index is 5.81. The van der Waals surface area contributed by atoms with E-state index < -0.39 is 0 Å². The van der Waals surface area contributed by atoms with Crippen molar-refractivity contribution < 1.29 is 0 Å². The van der Waals surface area contributed by atoms with Crippen molar-refractivity contribution in [3.05, 3.63) is 0 Å². The van der Waals surface area contributed by atoms with E-state index >= 15 is 0 Å². The van der Waals surface area contributed by atoms with Crippen LogP contribution in [0.5, 0.6) is 0 Å². The van der Waals surface area contributed by atoms with Crippen molar-refractivity contribution in [2.24, 2.45) is 11.7 Å². The molecule has 0 aliphatic heterocycles. The summed E-state index contributed by atoms with van der Waals surface area (Å²) in [4.78, 5) is 2.26. The van der Waals surface area contributed by atoms with Gasteiger partial charge in [0.1, 0.15) is 0 Å². The molecule has 0 saturated carbocycles. The van der Waals surface area contributed by atoms with Gasteiger partial charge in [-0.05, 0) is 32.7 Å². The lowest BCUT2D eigenvalue weighted by molar-refractivity contribution is 0.161. The quantitative estimate of drug-likeness (QED) is 0.643. The van der Waals surface area contributed by atoms with Crippen LogP contribution < -0.4 is 5.73 Å². The molecule has 0 radical (unpaired) electrons. The van der Waals surface area contributed by atoms with Crippen molar-refractivity contribution in [2.75, 3.05) is 7.05 Å². The second-order valence-corrected chi connectivity index (χ2v) is 4.10. The van der Waals surface area contributed by atoms with E-state index in [-0.39, 0.29) is 6.17 Å². The van der Waals surface area contributed by atoms with Gasteiger partial charge in [0.2, 0.25) is 0 Å². The smallest absolute Gasteiger partial charge is 0.0542 e. The first-order valence-corrected chi connectivity index (χ1v) is 4.96. The van der Waals surface area contributed by atoms with Gasteiger partial charge in [0.15, 0.2) is 0 Å². The summed E-state index contributed by atoms with van der Waals surface area (Å²) in [6, 6.07) is 0.644. The van der Waals surface area contributed by atoms with E-state index in [1.54, 1.807) is 0 Å². The maximum Gasteiger partial charge on any atom is 0.0542 e. The van der Waals surface area contributed by atoms with Gasteiger partial charge in [-0.3, -0.25) is 4.90 Å². The van der Waals surface area contributed by atoms with E-state index in [9.17, 15) is 0 Å². The lowest BCUT2D eigenvalue weighted by Gasteiger charge is -2.31. The first-order chi connectivity index (χ1) is 5.49. The van der Waals surface area contributed by atoms with Gasteiger partial charge in [0.05, 0.1) is 6.17 Å². The van der Waals surface area contributed by atoms with Crippen molar-refractivity contribution >= 4 is 0 Å². The molecule has 12 heavy (non-hydrogen) atoms. The van der Waals surface area contributed by atoms with Crippen molar-refractivity contribution in [3.63, 3.8) is 0 Å². The second kappa shape index (κ2) is 5.55. The van der Waals surface area contributed by atoms with Gasteiger partial charge < -0.3 is 5.73 Å². The molecule has 0 amide bonds. The molecule has 0 aromatic heterocycles. The summed E-state index contributed by atoms with van der Waals surface area (Å²) in [6.07, 6.45) is 2.61. The summed E-state index contributed by atoms with van der Waals surface area (Å²) < 4.78 is 0. The van der Waals surface area contributed by atoms with Crippen LogP contribution in [0.15, 0.2) is 0 Å². The molecular formula is C10H24N2. The molecule has 0 spiro atoms. The van der Waals surface area contributed by atoms with Crippen LogP contribution >= 0.6 is 0 Å². The number of rotatable bonds is 5. The van der Waals surface area contributed by atoms with Crippen LogP contribution in [0.3, 0.4) is 0 Å². The highest BCUT2D eigenvalue weighted by Gasteiger charge is 2.16. The van der Waals surface area contributed by atoms with Crippen LogP contribution in [0, 0.1) is 5.92 Å². The molecule has 0 aliphatic rings.